The normalized spacial score (nSPS) is 8.36. The second-order valence-electron chi connectivity index (χ2n) is 1.83. The average molecular weight is 155 g/mol. The Morgan fingerprint density at radius 2 is 2.18 bits per heavy atom. The Bertz CT molecular complexity index is 204. The molecular formula is C7H9NO3. The van der Waals surface area contributed by atoms with Gasteiger partial charge in [0.25, 0.3) is 0 Å². The Kier molecular flexibility index (Phi) is 3.75. The van der Waals surface area contributed by atoms with Crippen LogP contribution in [0.25, 0.3) is 0 Å². The third-order valence-corrected chi connectivity index (χ3v) is 1.13. The minimum absolute atomic E-state index is 0.0433. The lowest BCUT2D eigenvalue weighted by Gasteiger charge is -2.13. The number of likely N-dealkylation sites (N-methyl/N-ethyl adjacent to an activating group) is 1. The van der Waals surface area contributed by atoms with Crippen LogP contribution in [0.1, 0.15) is 6.92 Å². The second-order valence-corrected chi connectivity index (χ2v) is 1.83. The number of hydrogen-bond donors (Lipinski definition) is 1. The zero-order valence-electron chi connectivity index (χ0n) is 6.20. The van der Waals surface area contributed by atoms with Crippen molar-refractivity contribution in [2.24, 2.45) is 0 Å². The maximum absolute atomic E-state index is 10.7. The van der Waals surface area contributed by atoms with E-state index in [0.717, 1.165) is 4.90 Å². The summed E-state index contributed by atoms with van der Waals surface area (Å²) in [5, 5.41) is 8.25. The first-order valence-electron chi connectivity index (χ1n) is 3.09. The van der Waals surface area contributed by atoms with Crippen LogP contribution in [0.3, 0.4) is 0 Å². The van der Waals surface area contributed by atoms with Crippen molar-refractivity contribution in [3.8, 4) is 12.3 Å². The maximum Gasteiger partial charge on any atom is 0.394 e. The molecule has 11 heavy (non-hydrogen) atoms. The predicted octanol–water partition coefficient (Wildman–Crippen LogP) is -0.447. The van der Waals surface area contributed by atoms with Crippen LogP contribution in [-0.4, -0.2) is 35.0 Å². The molecule has 0 fully saturated rings. The topological polar surface area (TPSA) is 57.6 Å². The van der Waals surface area contributed by atoms with E-state index in [1.165, 1.54) is 0 Å². The van der Waals surface area contributed by atoms with E-state index in [4.69, 9.17) is 11.5 Å². The van der Waals surface area contributed by atoms with Crippen LogP contribution in [0.4, 0.5) is 0 Å². The molecule has 0 heterocycles. The van der Waals surface area contributed by atoms with E-state index in [2.05, 4.69) is 5.92 Å². The van der Waals surface area contributed by atoms with E-state index in [9.17, 15) is 9.59 Å². The predicted molar refractivity (Wildman–Crippen MR) is 38.7 cm³/mol. The van der Waals surface area contributed by atoms with Gasteiger partial charge < -0.3 is 10.0 Å². The smallest absolute Gasteiger partial charge is 0.394 e. The van der Waals surface area contributed by atoms with Crippen LogP contribution in [0, 0.1) is 12.3 Å². The second kappa shape index (κ2) is 4.34. The molecule has 0 aromatic rings. The number of carboxylic acid groups (broad SMARTS) is 1. The van der Waals surface area contributed by atoms with Gasteiger partial charge >= 0.3 is 11.9 Å². The van der Waals surface area contributed by atoms with E-state index in [1.54, 1.807) is 6.92 Å². The maximum atomic E-state index is 10.7. The molecule has 0 aromatic carbocycles. The van der Waals surface area contributed by atoms with E-state index in [-0.39, 0.29) is 6.54 Å². The van der Waals surface area contributed by atoms with Gasteiger partial charge in [-0.05, 0) is 6.92 Å². The lowest BCUT2D eigenvalue weighted by Crippen LogP contribution is -2.36. The highest BCUT2D eigenvalue weighted by molar-refractivity contribution is 6.31. The Balaban J connectivity index is 4.16. The molecule has 1 amide bonds. The number of carbonyl (C=O) groups is 2. The fourth-order valence-corrected chi connectivity index (χ4v) is 0.573. The van der Waals surface area contributed by atoms with E-state index < -0.39 is 11.9 Å². The molecule has 0 aliphatic heterocycles. The first kappa shape index (κ1) is 9.50. The SMILES string of the molecule is C#CCN(CC)C(=O)C(=O)O. The van der Waals surface area contributed by atoms with Gasteiger partial charge in [0, 0.05) is 6.54 Å². The van der Waals surface area contributed by atoms with Crippen molar-refractivity contribution < 1.29 is 14.7 Å². The van der Waals surface area contributed by atoms with Crippen LogP contribution in [0.5, 0.6) is 0 Å². The number of amides is 1. The lowest BCUT2D eigenvalue weighted by molar-refractivity contribution is -0.155. The monoisotopic (exact) mass is 155 g/mol. The Morgan fingerprint density at radius 3 is 2.45 bits per heavy atom. The quantitative estimate of drug-likeness (QED) is 0.434. The van der Waals surface area contributed by atoms with Crippen molar-refractivity contribution in [2.75, 3.05) is 13.1 Å². The van der Waals surface area contributed by atoms with Crippen LogP contribution in [-0.2, 0) is 9.59 Å². The van der Waals surface area contributed by atoms with Gasteiger partial charge in [-0.1, -0.05) is 5.92 Å². The molecule has 1 N–H and O–H groups in total. The first-order chi connectivity index (χ1) is 5.13. The van der Waals surface area contributed by atoms with Gasteiger partial charge in [0.1, 0.15) is 0 Å². The zero-order valence-corrected chi connectivity index (χ0v) is 6.20. The number of carbonyl (C=O) groups excluding carboxylic acids is 1. The molecule has 0 rings (SSSR count). The number of nitrogens with zero attached hydrogens (tertiary/aromatic N) is 1. The standard InChI is InChI=1S/C7H9NO3/c1-3-5-8(4-2)6(9)7(10)11/h1H,4-5H2,2H3,(H,10,11). The van der Waals surface area contributed by atoms with Crippen molar-refractivity contribution in [3.63, 3.8) is 0 Å². The summed E-state index contributed by atoms with van der Waals surface area (Å²) < 4.78 is 0. The van der Waals surface area contributed by atoms with Crippen molar-refractivity contribution >= 4 is 11.9 Å². The molecule has 60 valence electrons. The summed E-state index contributed by atoms with van der Waals surface area (Å²) in [7, 11) is 0. The molecule has 0 spiro atoms. The van der Waals surface area contributed by atoms with Crippen molar-refractivity contribution in [1.82, 2.24) is 4.90 Å². The number of terminal acetylenes is 1. The molecule has 0 unspecified atom stereocenters. The fraction of sp³-hybridized carbons (Fsp3) is 0.429. The summed E-state index contributed by atoms with van der Waals surface area (Å²) >= 11 is 0. The van der Waals surface area contributed by atoms with Gasteiger partial charge in [-0.3, -0.25) is 4.79 Å². The number of carboxylic acids is 1. The minimum atomic E-state index is -1.47. The third kappa shape index (κ3) is 2.72. The lowest BCUT2D eigenvalue weighted by atomic mass is 10.4. The first-order valence-corrected chi connectivity index (χ1v) is 3.09. The molecule has 0 bridgehead atoms. The molecule has 0 aliphatic carbocycles. The van der Waals surface area contributed by atoms with Gasteiger partial charge in [-0.25, -0.2) is 4.79 Å². The van der Waals surface area contributed by atoms with Crippen LogP contribution in [0.15, 0.2) is 0 Å². The summed E-state index contributed by atoms with van der Waals surface area (Å²) in [5.41, 5.74) is 0. The summed E-state index contributed by atoms with van der Waals surface area (Å²) in [6.07, 6.45) is 4.91. The van der Waals surface area contributed by atoms with Crippen molar-refractivity contribution in [3.05, 3.63) is 0 Å². The van der Waals surface area contributed by atoms with Crippen LogP contribution >= 0.6 is 0 Å². The molecule has 0 atom stereocenters. The van der Waals surface area contributed by atoms with E-state index >= 15 is 0 Å². The summed E-state index contributed by atoms with van der Waals surface area (Å²) in [4.78, 5) is 21.9. The van der Waals surface area contributed by atoms with Gasteiger partial charge in [-0.15, -0.1) is 6.42 Å². The largest absolute Gasteiger partial charge is 0.474 e. The minimum Gasteiger partial charge on any atom is -0.474 e. The van der Waals surface area contributed by atoms with Gasteiger partial charge in [0.15, 0.2) is 0 Å². The molecule has 0 aliphatic rings. The molecular weight excluding hydrogens is 146 g/mol. The van der Waals surface area contributed by atoms with Gasteiger partial charge in [0.2, 0.25) is 0 Å². The van der Waals surface area contributed by atoms with E-state index in [0.29, 0.717) is 6.54 Å². The highest BCUT2D eigenvalue weighted by Gasteiger charge is 2.17. The average Bonchev–Trinajstić information content (AvgIpc) is 1.98. The van der Waals surface area contributed by atoms with Gasteiger partial charge in [0.05, 0.1) is 6.54 Å². The molecule has 0 saturated carbocycles. The third-order valence-electron chi connectivity index (χ3n) is 1.13. The molecule has 0 aromatic heterocycles. The van der Waals surface area contributed by atoms with Crippen LogP contribution in [0.2, 0.25) is 0 Å². The van der Waals surface area contributed by atoms with Crippen molar-refractivity contribution in [1.29, 1.82) is 0 Å². The number of rotatable bonds is 2. The molecule has 0 radical (unpaired) electrons. The van der Waals surface area contributed by atoms with Crippen LogP contribution < -0.4 is 0 Å². The summed E-state index contributed by atoms with van der Waals surface area (Å²) in [6, 6.07) is 0. The number of aliphatic carboxylic acids is 1. The summed E-state index contributed by atoms with van der Waals surface area (Å²) in [6.45, 7) is 2.02. The Hall–Kier alpha value is -1.50. The number of hydrogen-bond acceptors (Lipinski definition) is 2. The van der Waals surface area contributed by atoms with Gasteiger partial charge in [-0.2, -0.15) is 0 Å². The highest BCUT2D eigenvalue weighted by Crippen LogP contribution is 1.87. The molecule has 4 nitrogen and oxygen atoms in total. The highest BCUT2D eigenvalue weighted by atomic mass is 16.4. The fourth-order valence-electron chi connectivity index (χ4n) is 0.573. The Morgan fingerprint density at radius 1 is 1.64 bits per heavy atom. The van der Waals surface area contributed by atoms with E-state index in [1.807, 2.05) is 0 Å². The summed E-state index contributed by atoms with van der Waals surface area (Å²) in [5.74, 6) is -0.227. The van der Waals surface area contributed by atoms with Crippen molar-refractivity contribution in [2.45, 2.75) is 6.92 Å². The molecule has 0 saturated heterocycles. The Labute approximate surface area is 64.8 Å². The molecule has 4 heteroatoms. The zero-order chi connectivity index (χ0) is 8.85.